The summed E-state index contributed by atoms with van der Waals surface area (Å²) in [5.41, 5.74) is 4.48. The van der Waals surface area contributed by atoms with Gasteiger partial charge in [-0.25, -0.2) is 4.68 Å². The second kappa shape index (κ2) is 11.6. The van der Waals surface area contributed by atoms with Crippen molar-refractivity contribution in [3.05, 3.63) is 96.3 Å². The lowest BCUT2D eigenvalue weighted by molar-refractivity contribution is -0.115. The van der Waals surface area contributed by atoms with Crippen molar-refractivity contribution in [2.24, 2.45) is 0 Å². The molecule has 2 amide bonds. The fraction of sp³-hybridized carbons (Fsp3) is 0.207. The molecule has 0 spiro atoms. The molecule has 0 saturated carbocycles. The fourth-order valence-electron chi connectivity index (χ4n) is 4.23. The van der Waals surface area contributed by atoms with Gasteiger partial charge in [-0.3, -0.25) is 9.59 Å². The molecule has 9 heteroatoms. The summed E-state index contributed by atoms with van der Waals surface area (Å²) in [6.07, 6.45) is 3.53. The maximum atomic E-state index is 12.9. The minimum Gasteiger partial charge on any atom is -0.497 e. The van der Waals surface area contributed by atoms with Gasteiger partial charge in [0.1, 0.15) is 5.75 Å². The van der Waals surface area contributed by atoms with E-state index in [4.69, 9.17) is 9.47 Å². The van der Waals surface area contributed by atoms with Crippen LogP contribution in [0.1, 0.15) is 15.9 Å². The van der Waals surface area contributed by atoms with Gasteiger partial charge in [0.2, 0.25) is 5.91 Å². The Kier molecular flexibility index (Phi) is 7.65. The summed E-state index contributed by atoms with van der Waals surface area (Å²) in [6, 6.07) is 22.3. The van der Waals surface area contributed by atoms with Crippen LogP contribution in [0.4, 0.5) is 17.1 Å². The highest BCUT2D eigenvalue weighted by atomic mass is 16.5. The van der Waals surface area contributed by atoms with Crippen LogP contribution in [0.15, 0.2) is 85.2 Å². The Hall–Kier alpha value is -4.63. The van der Waals surface area contributed by atoms with Crippen LogP contribution in [0, 0.1) is 0 Å². The Morgan fingerprint density at radius 2 is 1.68 bits per heavy atom. The van der Waals surface area contributed by atoms with Gasteiger partial charge >= 0.3 is 0 Å². The number of hydrogen-bond acceptors (Lipinski definition) is 6. The number of benzene rings is 3. The zero-order valence-corrected chi connectivity index (χ0v) is 21.1. The van der Waals surface area contributed by atoms with Gasteiger partial charge in [0, 0.05) is 30.0 Å². The van der Waals surface area contributed by atoms with Crippen LogP contribution < -0.4 is 20.3 Å². The van der Waals surface area contributed by atoms with E-state index in [2.05, 4.69) is 20.6 Å². The SMILES string of the molecule is COc1ccc(CC(=O)Nc2cnn(-c3cccc(C(=O)Nc4ccc(N5CCOCC5)cc4)c3)c2)cc1. The molecule has 3 aromatic carbocycles. The monoisotopic (exact) mass is 511 g/mol. The Morgan fingerprint density at radius 1 is 0.921 bits per heavy atom. The van der Waals surface area contributed by atoms with Crippen LogP contribution in [-0.2, 0) is 16.0 Å². The lowest BCUT2D eigenvalue weighted by atomic mass is 10.1. The average molecular weight is 512 g/mol. The van der Waals surface area contributed by atoms with Crippen molar-refractivity contribution in [1.29, 1.82) is 0 Å². The first kappa shape index (κ1) is 25.0. The Labute approximate surface area is 221 Å². The second-order valence-electron chi connectivity index (χ2n) is 8.90. The molecule has 0 bridgehead atoms. The van der Waals surface area contributed by atoms with Crippen LogP contribution in [0.2, 0.25) is 0 Å². The number of methoxy groups -OCH3 is 1. The number of nitrogens with one attached hydrogen (secondary N) is 2. The van der Waals surface area contributed by atoms with E-state index in [-0.39, 0.29) is 18.2 Å². The van der Waals surface area contributed by atoms with Gasteiger partial charge in [-0.1, -0.05) is 18.2 Å². The fourth-order valence-corrected chi connectivity index (χ4v) is 4.23. The highest BCUT2D eigenvalue weighted by Gasteiger charge is 2.13. The molecule has 0 atom stereocenters. The highest BCUT2D eigenvalue weighted by Crippen LogP contribution is 2.20. The summed E-state index contributed by atoms with van der Waals surface area (Å²) in [5.74, 6) is 0.377. The van der Waals surface area contributed by atoms with Gasteiger partial charge < -0.3 is 25.0 Å². The van der Waals surface area contributed by atoms with Crippen molar-refractivity contribution in [1.82, 2.24) is 9.78 Å². The quantitative estimate of drug-likeness (QED) is 0.369. The lowest BCUT2D eigenvalue weighted by Crippen LogP contribution is -2.36. The maximum absolute atomic E-state index is 12.9. The van der Waals surface area contributed by atoms with Crippen molar-refractivity contribution >= 4 is 28.9 Å². The molecule has 5 rings (SSSR count). The molecule has 2 N–H and O–H groups in total. The van der Waals surface area contributed by atoms with Crippen molar-refractivity contribution in [2.75, 3.05) is 48.9 Å². The summed E-state index contributed by atoms with van der Waals surface area (Å²) in [4.78, 5) is 27.6. The van der Waals surface area contributed by atoms with Gasteiger partial charge in [-0.2, -0.15) is 5.10 Å². The Balaban J connectivity index is 1.19. The Bertz CT molecular complexity index is 1390. The predicted octanol–water partition coefficient (Wildman–Crippen LogP) is 4.15. The average Bonchev–Trinajstić information content (AvgIpc) is 3.43. The molecule has 0 unspecified atom stereocenters. The smallest absolute Gasteiger partial charge is 0.255 e. The number of carbonyl (C=O) groups is 2. The van der Waals surface area contributed by atoms with Crippen LogP contribution in [0.3, 0.4) is 0 Å². The van der Waals surface area contributed by atoms with E-state index in [0.717, 1.165) is 49.0 Å². The maximum Gasteiger partial charge on any atom is 0.255 e. The number of anilines is 3. The molecule has 1 fully saturated rings. The lowest BCUT2D eigenvalue weighted by Gasteiger charge is -2.28. The summed E-state index contributed by atoms with van der Waals surface area (Å²) in [6.45, 7) is 3.17. The summed E-state index contributed by atoms with van der Waals surface area (Å²) in [7, 11) is 1.60. The molecule has 1 aromatic heterocycles. The van der Waals surface area contributed by atoms with E-state index in [1.807, 2.05) is 54.6 Å². The molecule has 38 heavy (non-hydrogen) atoms. The number of ether oxygens (including phenoxy) is 2. The van der Waals surface area contributed by atoms with Crippen molar-refractivity contribution in [3.63, 3.8) is 0 Å². The first-order valence-corrected chi connectivity index (χ1v) is 12.4. The molecule has 0 aliphatic carbocycles. The number of aromatic nitrogens is 2. The number of nitrogens with zero attached hydrogens (tertiary/aromatic N) is 3. The third-order valence-electron chi connectivity index (χ3n) is 6.26. The van der Waals surface area contributed by atoms with Gasteiger partial charge in [-0.15, -0.1) is 0 Å². The molecule has 1 aliphatic heterocycles. The third-order valence-corrected chi connectivity index (χ3v) is 6.26. The van der Waals surface area contributed by atoms with E-state index >= 15 is 0 Å². The molecule has 2 heterocycles. The van der Waals surface area contributed by atoms with Gasteiger partial charge in [0.15, 0.2) is 0 Å². The first-order chi connectivity index (χ1) is 18.6. The van der Waals surface area contributed by atoms with Crippen molar-refractivity contribution in [2.45, 2.75) is 6.42 Å². The van der Waals surface area contributed by atoms with Crippen LogP contribution in [-0.4, -0.2) is 55.0 Å². The van der Waals surface area contributed by atoms with Gasteiger partial charge in [0.25, 0.3) is 5.91 Å². The van der Waals surface area contributed by atoms with Crippen LogP contribution >= 0.6 is 0 Å². The normalized spacial score (nSPS) is 13.1. The molecule has 0 radical (unpaired) electrons. The van der Waals surface area contributed by atoms with E-state index in [0.29, 0.717) is 16.9 Å². The minimum absolute atomic E-state index is 0.150. The van der Waals surface area contributed by atoms with Crippen LogP contribution in [0.25, 0.3) is 5.69 Å². The number of carbonyl (C=O) groups excluding carboxylic acids is 2. The van der Waals surface area contributed by atoms with Crippen LogP contribution in [0.5, 0.6) is 5.75 Å². The second-order valence-corrected chi connectivity index (χ2v) is 8.90. The van der Waals surface area contributed by atoms with E-state index in [1.54, 1.807) is 42.4 Å². The molecule has 1 saturated heterocycles. The minimum atomic E-state index is -0.217. The summed E-state index contributed by atoms with van der Waals surface area (Å²) >= 11 is 0. The number of morpholine rings is 1. The molecular formula is C29H29N5O4. The molecule has 4 aromatic rings. The van der Waals surface area contributed by atoms with Gasteiger partial charge in [-0.05, 0) is 60.2 Å². The standard InChI is InChI=1S/C29H29N5O4/c1-37-27-11-5-21(6-12-27)17-28(35)31-24-19-30-34(20-24)26-4-2-3-22(18-26)29(36)32-23-7-9-25(10-8-23)33-13-15-38-16-14-33/h2-12,18-20H,13-17H2,1H3,(H,31,35)(H,32,36). The highest BCUT2D eigenvalue weighted by molar-refractivity contribution is 6.04. The predicted molar refractivity (Wildman–Crippen MR) is 146 cm³/mol. The van der Waals surface area contributed by atoms with Crippen molar-refractivity contribution < 1.29 is 19.1 Å². The zero-order chi connectivity index (χ0) is 26.3. The molecule has 1 aliphatic rings. The number of hydrogen-bond donors (Lipinski definition) is 2. The number of amides is 2. The molecule has 9 nitrogen and oxygen atoms in total. The summed E-state index contributed by atoms with van der Waals surface area (Å²) < 4.78 is 12.2. The largest absolute Gasteiger partial charge is 0.497 e. The van der Waals surface area contributed by atoms with E-state index < -0.39 is 0 Å². The molecular weight excluding hydrogens is 482 g/mol. The van der Waals surface area contributed by atoms with Gasteiger partial charge in [0.05, 0.1) is 50.5 Å². The first-order valence-electron chi connectivity index (χ1n) is 12.4. The number of rotatable bonds is 8. The summed E-state index contributed by atoms with van der Waals surface area (Å²) in [5, 5.41) is 10.2. The van der Waals surface area contributed by atoms with Crippen molar-refractivity contribution in [3.8, 4) is 11.4 Å². The third kappa shape index (κ3) is 6.19. The van der Waals surface area contributed by atoms with E-state index in [9.17, 15) is 9.59 Å². The van der Waals surface area contributed by atoms with E-state index in [1.165, 1.54) is 0 Å². The Morgan fingerprint density at radius 3 is 2.42 bits per heavy atom. The topological polar surface area (TPSA) is 97.7 Å². The zero-order valence-electron chi connectivity index (χ0n) is 21.1. The molecule has 194 valence electrons.